The molecule has 53 heavy (non-hydrogen) atoms. The van der Waals surface area contributed by atoms with Crippen molar-refractivity contribution in [3.05, 3.63) is 160 Å². The SMILES string of the molecule is COc1ccc(/C=C(\NC(=O)c2ccccc2)C(=O)Nc2ccc(SC(C(=O)Nc3nc(-c4ccccc4Cl)cs3)c3ccccc3)cc2)c(OC)c1. The fraction of sp³-hybridized carbons (Fsp3) is 0.0732. The largest absolute Gasteiger partial charge is 0.497 e. The number of rotatable bonds is 13. The van der Waals surface area contributed by atoms with E-state index in [2.05, 4.69) is 20.9 Å². The number of carbonyl (C=O) groups is 3. The van der Waals surface area contributed by atoms with Gasteiger partial charge in [0.15, 0.2) is 5.13 Å². The number of methoxy groups -OCH3 is 2. The molecule has 9 nitrogen and oxygen atoms in total. The molecule has 1 unspecified atom stereocenters. The molecule has 0 saturated carbocycles. The molecule has 6 rings (SSSR count). The van der Waals surface area contributed by atoms with Crippen LogP contribution in [0, 0.1) is 0 Å². The Hall–Kier alpha value is -5.88. The van der Waals surface area contributed by atoms with Gasteiger partial charge in [-0.3, -0.25) is 14.4 Å². The predicted molar refractivity (Wildman–Crippen MR) is 213 cm³/mol. The van der Waals surface area contributed by atoms with Gasteiger partial charge < -0.3 is 25.4 Å². The van der Waals surface area contributed by atoms with Crippen molar-refractivity contribution >= 4 is 69.3 Å². The molecule has 6 aromatic rings. The van der Waals surface area contributed by atoms with E-state index in [1.165, 1.54) is 30.2 Å². The maximum Gasteiger partial charge on any atom is 0.272 e. The molecule has 12 heteroatoms. The van der Waals surface area contributed by atoms with Crippen LogP contribution in [0.25, 0.3) is 17.3 Å². The normalized spacial score (nSPS) is 11.6. The summed E-state index contributed by atoms with van der Waals surface area (Å²) in [5.74, 6) is -0.202. The minimum absolute atomic E-state index is 0.00136. The van der Waals surface area contributed by atoms with Crippen molar-refractivity contribution in [2.75, 3.05) is 24.9 Å². The standard InChI is InChI=1S/C41H33ClN4O5S2/c1-50-30-20-17-28(36(24-30)51-2)23-34(44-38(47)27-13-7-4-8-14-27)39(48)43-29-18-21-31(22-19-29)53-37(26-11-5-3-6-12-26)40(49)46-41-45-35(25-52-41)32-15-9-10-16-33(32)42/h3-25,37H,1-2H3,(H,43,48)(H,44,47)(H,45,46,49)/b34-23-. The number of carbonyl (C=O) groups excluding carboxylic acids is 3. The van der Waals surface area contributed by atoms with Crippen LogP contribution in [0.4, 0.5) is 10.8 Å². The second-order valence-electron chi connectivity index (χ2n) is 11.4. The van der Waals surface area contributed by atoms with Gasteiger partial charge in [0.05, 0.1) is 19.9 Å². The highest BCUT2D eigenvalue weighted by molar-refractivity contribution is 8.00. The third-order valence-electron chi connectivity index (χ3n) is 7.86. The van der Waals surface area contributed by atoms with E-state index < -0.39 is 17.1 Å². The number of thiazole rings is 1. The van der Waals surface area contributed by atoms with E-state index in [1.54, 1.807) is 79.9 Å². The molecular weight excluding hydrogens is 728 g/mol. The number of ether oxygens (including phenoxy) is 2. The van der Waals surface area contributed by atoms with Gasteiger partial charge in [0.2, 0.25) is 5.91 Å². The number of nitrogens with zero attached hydrogens (tertiary/aromatic N) is 1. The Kier molecular flexibility index (Phi) is 12.2. The van der Waals surface area contributed by atoms with Crippen molar-refractivity contribution in [3.63, 3.8) is 0 Å². The van der Waals surface area contributed by atoms with Crippen molar-refractivity contribution in [2.24, 2.45) is 0 Å². The summed E-state index contributed by atoms with van der Waals surface area (Å²) < 4.78 is 10.8. The number of thioether (sulfide) groups is 1. The Morgan fingerprint density at radius 3 is 2.21 bits per heavy atom. The van der Waals surface area contributed by atoms with Crippen LogP contribution in [0.2, 0.25) is 5.02 Å². The van der Waals surface area contributed by atoms with E-state index in [0.717, 1.165) is 16.0 Å². The third kappa shape index (κ3) is 9.52. The van der Waals surface area contributed by atoms with Crippen LogP contribution in [-0.2, 0) is 9.59 Å². The molecule has 0 bridgehead atoms. The lowest BCUT2D eigenvalue weighted by Gasteiger charge is -2.17. The van der Waals surface area contributed by atoms with Crippen molar-refractivity contribution in [1.29, 1.82) is 0 Å². The van der Waals surface area contributed by atoms with Crippen LogP contribution < -0.4 is 25.4 Å². The number of nitrogens with one attached hydrogen (secondary N) is 3. The molecular formula is C41H33ClN4O5S2. The average molecular weight is 761 g/mol. The van der Waals surface area contributed by atoms with Crippen molar-refractivity contribution in [2.45, 2.75) is 10.1 Å². The van der Waals surface area contributed by atoms with Crippen LogP contribution in [0.3, 0.4) is 0 Å². The van der Waals surface area contributed by atoms with E-state index >= 15 is 0 Å². The van der Waals surface area contributed by atoms with Gasteiger partial charge in [-0.05, 0) is 66.2 Å². The van der Waals surface area contributed by atoms with Crippen LogP contribution >= 0.6 is 34.7 Å². The molecule has 0 radical (unpaired) electrons. The topological polar surface area (TPSA) is 119 Å². The summed E-state index contributed by atoms with van der Waals surface area (Å²) >= 11 is 9.05. The second-order valence-corrected chi connectivity index (χ2v) is 13.8. The van der Waals surface area contributed by atoms with Gasteiger partial charge in [0.1, 0.15) is 22.4 Å². The number of benzene rings is 5. The Labute approximate surface area is 320 Å². The Morgan fingerprint density at radius 2 is 1.51 bits per heavy atom. The van der Waals surface area contributed by atoms with Gasteiger partial charge in [-0.1, -0.05) is 78.3 Å². The average Bonchev–Trinajstić information content (AvgIpc) is 3.66. The molecule has 5 aromatic carbocycles. The highest BCUT2D eigenvalue weighted by Gasteiger charge is 2.24. The lowest BCUT2D eigenvalue weighted by molar-refractivity contribution is -0.116. The first-order chi connectivity index (χ1) is 25.8. The smallest absolute Gasteiger partial charge is 0.272 e. The minimum Gasteiger partial charge on any atom is -0.497 e. The van der Waals surface area contributed by atoms with Crippen molar-refractivity contribution in [3.8, 4) is 22.8 Å². The van der Waals surface area contributed by atoms with Crippen LogP contribution in [0.1, 0.15) is 26.7 Å². The lowest BCUT2D eigenvalue weighted by Crippen LogP contribution is -2.30. The Balaban J connectivity index is 1.19. The number of aromatic nitrogens is 1. The number of hydrogen-bond donors (Lipinski definition) is 3. The molecule has 3 amide bonds. The van der Waals surface area contributed by atoms with E-state index in [1.807, 2.05) is 66.0 Å². The molecule has 0 aliphatic rings. The highest BCUT2D eigenvalue weighted by Crippen LogP contribution is 2.38. The van der Waals surface area contributed by atoms with Gasteiger partial charge >= 0.3 is 0 Å². The highest BCUT2D eigenvalue weighted by atomic mass is 35.5. The first-order valence-electron chi connectivity index (χ1n) is 16.3. The molecule has 0 aliphatic carbocycles. The van der Waals surface area contributed by atoms with Crippen molar-refractivity contribution in [1.82, 2.24) is 10.3 Å². The molecule has 1 atom stereocenters. The third-order valence-corrected chi connectivity index (χ3v) is 10.2. The summed E-state index contributed by atoms with van der Waals surface area (Å²) in [5, 5.41) is 10.9. The van der Waals surface area contributed by atoms with Gasteiger partial charge in [-0.2, -0.15) is 0 Å². The second kappa shape index (κ2) is 17.6. The molecule has 1 heterocycles. The van der Waals surface area contributed by atoms with Gasteiger partial charge in [-0.15, -0.1) is 23.1 Å². The van der Waals surface area contributed by atoms with Crippen LogP contribution in [0.15, 0.2) is 143 Å². The molecule has 0 aliphatic heterocycles. The van der Waals surface area contributed by atoms with E-state index in [4.69, 9.17) is 21.1 Å². The maximum atomic E-state index is 13.7. The summed E-state index contributed by atoms with van der Waals surface area (Å²) in [4.78, 5) is 46.0. The van der Waals surface area contributed by atoms with Gasteiger partial charge in [0.25, 0.3) is 11.8 Å². The first kappa shape index (κ1) is 36.9. The molecule has 3 N–H and O–H groups in total. The Morgan fingerprint density at radius 1 is 0.811 bits per heavy atom. The zero-order chi connectivity index (χ0) is 37.2. The quantitative estimate of drug-likeness (QED) is 0.0793. The predicted octanol–water partition coefficient (Wildman–Crippen LogP) is 9.36. The molecule has 0 fully saturated rings. The molecule has 0 saturated heterocycles. The minimum atomic E-state index is -0.605. The molecule has 0 spiro atoms. The number of hydrogen-bond acceptors (Lipinski definition) is 8. The summed E-state index contributed by atoms with van der Waals surface area (Å²) in [6.45, 7) is 0. The Bertz CT molecular complexity index is 2250. The number of halogens is 1. The van der Waals surface area contributed by atoms with Crippen molar-refractivity contribution < 1.29 is 23.9 Å². The van der Waals surface area contributed by atoms with E-state index in [9.17, 15) is 14.4 Å². The van der Waals surface area contributed by atoms with E-state index in [0.29, 0.717) is 44.2 Å². The summed E-state index contributed by atoms with van der Waals surface area (Å²) in [7, 11) is 3.06. The fourth-order valence-corrected chi connectivity index (χ4v) is 7.15. The van der Waals surface area contributed by atoms with Crippen LogP contribution in [-0.4, -0.2) is 36.9 Å². The lowest BCUT2D eigenvalue weighted by atomic mass is 10.1. The number of amides is 3. The monoisotopic (exact) mass is 760 g/mol. The van der Waals surface area contributed by atoms with Gasteiger partial charge in [0, 0.05) is 43.7 Å². The maximum absolute atomic E-state index is 13.7. The molecule has 1 aromatic heterocycles. The fourth-order valence-electron chi connectivity index (χ4n) is 5.18. The van der Waals surface area contributed by atoms with E-state index in [-0.39, 0.29) is 11.6 Å². The van der Waals surface area contributed by atoms with Crippen LogP contribution in [0.5, 0.6) is 11.5 Å². The van der Waals surface area contributed by atoms with Gasteiger partial charge in [-0.25, -0.2) is 4.98 Å². The zero-order valence-electron chi connectivity index (χ0n) is 28.5. The summed E-state index contributed by atoms with van der Waals surface area (Å²) in [6.07, 6.45) is 1.54. The summed E-state index contributed by atoms with van der Waals surface area (Å²) in [6, 6.07) is 37.8. The molecule has 266 valence electrons. The summed E-state index contributed by atoms with van der Waals surface area (Å²) in [5.41, 5.74) is 3.71. The zero-order valence-corrected chi connectivity index (χ0v) is 30.9. The number of anilines is 2. The first-order valence-corrected chi connectivity index (χ1v) is 18.4.